The number of nitrogens with zero attached hydrogens (tertiary/aromatic N) is 1. The van der Waals surface area contributed by atoms with Gasteiger partial charge in [-0.1, -0.05) is 19.0 Å². The lowest BCUT2D eigenvalue weighted by Crippen LogP contribution is -2.29. The summed E-state index contributed by atoms with van der Waals surface area (Å²) in [4.78, 5) is 0. The number of rotatable bonds is 4. The van der Waals surface area contributed by atoms with Gasteiger partial charge in [0.15, 0.2) is 0 Å². The van der Waals surface area contributed by atoms with Crippen molar-refractivity contribution in [1.82, 2.24) is 0 Å². The first kappa shape index (κ1) is 12.3. The van der Waals surface area contributed by atoms with Crippen molar-refractivity contribution in [3.8, 4) is 0 Å². The number of hydrogen-bond acceptors (Lipinski definition) is 3. The van der Waals surface area contributed by atoms with Gasteiger partial charge in [-0.2, -0.15) is 0 Å². The molecule has 3 N–H and O–H groups in total. The highest BCUT2D eigenvalue weighted by atomic mass is 16.5. The van der Waals surface area contributed by atoms with Crippen LogP contribution in [0.1, 0.15) is 39.5 Å². The molecule has 0 aromatic heterocycles. The molecular formula is C11H22N2O2. The number of oxime groups is 1. The van der Waals surface area contributed by atoms with Crippen LogP contribution >= 0.6 is 0 Å². The maximum Gasteiger partial charge on any atom is 0.144 e. The van der Waals surface area contributed by atoms with Crippen LogP contribution in [0.15, 0.2) is 5.16 Å². The Balaban J connectivity index is 2.20. The van der Waals surface area contributed by atoms with Gasteiger partial charge < -0.3 is 15.7 Å². The molecule has 1 aliphatic carbocycles. The summed E-state index contributed by atoms with van der Waals surface area (Å²) in [6.45, 7) is 4.74. The van der Waals surface area contributed by atoms with Crippen LogP contribution in [0.4, 0.5) is 0 Å². The van der Waals surface area contributed by atoms with E-state index in [0.29, 0.717) is 12.7 Å². The third-order valence-electron chi connectivity index (χ3n) is 3.17. The standard InChI is InChI=1S/C11H22N2O2/c1-8-3-5-10(6-4-8)15-7-9(2)11(12)13-14/h8-10,14H,3-7H2,1-2H3,(H2,12,13). The van der Waals surface area contributed by atoms with Crippen molar-refractivity contribution in [3.05, 3.63) is 0 Å². The molecule has 0 bridgehead atoms. The Labute approximate surface area is 91.5 Å². The molecule has 0 heterocycles. The smallest absolute Gasteiger partial charge is 0.144 e. The minimum atomic E-state index is -0.00523. The van der Waals surface area contributed by atoms with E-state index in [4.69, 9.17) is 15.7 Å². The van der Waals surface area contributed by atoms with E-state index in [2.05, 4.69) is 12.1 Å². The van der Waals surface area contributed by atoms with Gasteiger partial charge in [0.2, 0.25) is 0 Å². The molecule has 0 radical (unpaired) electrons. The first-order valence-corrected chi connectivity index (χ1v) is 5.72. The lowest BCUT2D eigenvalue weighted by atomic mass is 9.89. The predicted octanol–water partition coefficient (Wildman–Crippen LogP) is 1.96. The summed E-state index contributed by atoms with van der Waals surface area (Å²) in [5, 5.41) is 11.5. The molecule has 1 saturated carbocycles. The van der Waals surface area contributed by atoms with Gasteiger partial charge in [0.05, 0.1) is 12.7 Å². The molecule has 0 spiro atoms. The second-order valence-electron chi connectivity index (χ2n) is 4.64. The lowest BCUT2D eigenvalue weighted by Gasteiger charge is -2.27. The maximum atomic E-state index is 8.48. The average molecular weight is 214 g/mol. The van der Waals surface area contributed by atoms with Gasteiger partial charge in [-0.15, -0.1) is 0 Å². The molecule has 15 heavy (non-hydrogen) atoms. The fraction of sp³-hybridized carbons (Fsp3) is 0.909. The molecule has 0 aromatic carbocycles. The van der Waals surface area contributed by atoms with Gasteiger partial charge in [0.1, 0.15) is 5.84 Å². The fourth-order valence-corrected chi connectivity index (χ4v) is 1.86. The van der Waals surface area contributed by atoms with Crippen LogP contribution in [0.3, 0.4) is 0 Å². The number of amidine groups is 1. The van der Waals surface area contributed by atoms with Crippen LogP contribution in [-0.4, -0.2) is 23.8 Å². The van der Waals surface area contributed by atoms with E-state index in [1.807, 2.05) is 6.92 Å². The zero-order valence-electron chi connectivity index (χ0n) is 9.65. The van der Waals surface area contributed by atoms with Gasteiger partial charge in [-0.25, -0.2) is 0 Å². The van der Waals surface area contributed by atoms with Crippen LogP contribution in [-0.2, 0) is 4.74 Å². The van der Waals surface area contributed by atoms with E-state index in [0.717, 1.165) is 18.8 Å². The third kappa shape index (κ3) is 4.08. The minimum absolute atomic E-state index is 0.00523. The highest BCUT2D eigenvalue weighted by Crippen LogP contribution is 2.25. The van der Waals surface area contributed by atoms with Gasteiger partial charge in [0.25, 0.3) is 0 Å². The molecule has 1 rings (SSSR count). The summed E-state index contributed by atoms with van der Waals surface area (Å²) in [5.41, 5.74) is 5.47. The van der Waals surface area contributed by atoms with Crippen molar-refractivity contribution in [2.75, 3.05) is 6.61 Å². The van der Waals surface area contributed by atoms with E-state index in [9.17, 15) is 0 Å². The summed E-state index contributed by atoms with van der Waals surface area (Å²) in [6.07, 6.45) is 5.16. The van der Waals surface area contributed by atoms with Crippen LogP contribution in [0, 0.1) is 11.8 Å². The summed E-state index contributed by atoms with van der Waals surface area (Å²) in [6, 6.07) is 0. The second-order valence-corrected chi connectivity index (χ2v) is 4.64. The van der Waals surface area contributed by atoms with E-state index < -0.39 is 0 Å². The van der Waals surface area contributed by atoms with E-state index in [-0.39, 0.29) is 11.8 Å². The van der Waals surface area contributed by atoms with Crippen molar-refractivity contribution in [2.45, 2.75) is 45.6 Å². The highest BCUT2D eigenvalue weighted by molar-refractivity contribution is 5.81. The van der Waals surface area contributed by atoms with Crippen molar-refractivity contribution < 1.29 is 9.94 Å². The molecule has 1 unspecified atom stereocenters. The van der Waals surface area contributed by atoms with Gasteiger partial charge in [-0.05, 0) is 31.6 Å². The zero-order valence-corrected chi connectivity index (χ0v) is 9.65. The molecule has 4 nitrogen and oxygen atoms in total. The van der Waals surface area contributed by atoms with Crippen LogP contribution in [0.2, 0.25) is 0 Å². The first-order chi connectivity index (χ1) is 7.13. The van der Waals surface area contributed by atoms with Crippen molar-refractivity contribution in [2.24, 2.45) is 22.7 Å². The Morgan fingerprint density at radius 2 is 2.07 bits per heavy atom. The van der Waals surface area contributed by atoms with Crippen LogP contribution in [0.25, 0.3) is 0 Å². The van der Waals surface area contributed by atoms with Gasteiger partial charge in [-0.3, -0.25) is 0 Å². The molecule has 1 aliphatic rings. The minimum Gasteiger partial charge on any atom is -0.409 e. The normalized spacial score (nSPS) is 30.1. The Morgan fingerprint density at radius 1 is 1.47 bits per heavy atom. The van der Waals surface area contributed by atoms with E-state index >= 15 is 0 Å². The molecule has 88 valence electrons. The van der Waals surface area contributed by atoms with Crippen LogP contribution < -0.4 is 5.73 Å². The summed E-state index contributed by atoms with van der Waals surface area (Å²) >= 11 is 0. The highest BCUT2D eigenvalue weighted by Gasteiger charge is 2.19. The van der Waals surface area contributed by atoms with Crippen molar-refractivity contribution in [3.63, 3.8) is 0 Å². The molecule has 4 heteroatoms. The quantitative estimate of drug-likeness (QED) is 0.325. The summed E-state index contributed by atoms with van der Waals surface area (Å²) in [5.74, 6) is 1.08. The zero-order chi connectivity index (χ0) is 11.3. The van der Waals surface area contributed by atoms with Crippen LogP contribution in [0.5, 0.6) is 0 Å². The average Bonchev–Trinajstić information content (AvgIpc) is 2.26. The molecule has 1 fully saturated rings. The maximum absolute atomic E-state index is 8.48. The van der Waals surface area contributed by atoms with Crippen molar-refractivity contribution in [1.29, 1.82) is 0 Å². The molecule has 0 aliphatic heterocycles. The Hall–Kier alpha value is -0.770. The lowest BCUT2D eigenvalue weighted by molar-refractivity contribution is 0.0119. The van der Waals surface area contributed by atoms with Gasteiger partial charge in [0, 0.05) is 5.92 Å². The summed E-state index contributed by atoms with van der Waals surface area (Å²) < 4.78 is 5.74. The molecule has 0 saturated heterocycles. The molecule has 1 atom stereocenters. The first-order valence-electron chi connectivity index (χ1n) is 5.72. The number of ether oxygens (including phenoxy) is 1. The fourth-order valence-electron chi connectivity index (χ4n) is 1.86. The second kappa shape index (κ2) is 5.95. The Kier molecular flexibility index (Phi) is 4.88. The largest absolute Gasteiger partial charge is 0.409 e. The number of hydrogen-bond donors (Lipinski definition) is 2. The van der Waals surface area contributed by atoms with E-state index in [1.165, 1.54) is 12.8 Å². The third-order valence-corrected chi connectivity index (χ3v) is 3.17. The number of nitrogens with two attached hydrogens (primary N) is 1. The van der Waals surface area contributed by atoms with E-state index in [1.54, 1.807) is 0 Å². The van der Waals surface area contributed by atoms with Gasteiger partial charge >= 0.3 is 0 Å². The molecule has 0 aromatic rings. The molecular weight excluding hydrogens is 192 g/mol. The Morgan fingerprint density at radius 3 is 2.60 bits per heavy atom. The Bertz CT molecular complexity index is 211. The topological polar surface area (TPSA) is 67.8 Å². The monoisotopic (exact) mass is 214 g/mol. The van der Waals surface area contributed by atoms with Crippen molar-refractivity contribution >= 4 is 5.84 Å². The molecule has 0 amide bonds. The SMILES string of the molecule is CC1CCC(OCC(C)/C(N)=N/O)CC1. The summed E-state index contributed by atoms with van der Waals surface area (Å²) in [7, 11) is 0. The predicted molar refractivity (Wildman–Crippen MR) is 59.9 cm³/mol.